The molecular formula is C35H34N8O3. The van der Waals surface area contributed by atoms with Gasteiger partial charge in [-0.25, -0.2) is 15.0 Å². The third-order valence-electron chi connectivity index (χ3n) is 7.53. The van der Waals surface area contributed by atoms with Crippen molar-refractivity contribution in [2.24, 2.45) is 0 Å². The fraction of sp³-hybridized carbons (Fsp3) is 0.200. The second kappa shape index (κ2) is 14.9. The minimum Gasteiger partial charge on any atom is -0.461 e. The number of carbonyl (C=O) groups is 2. The van der Waals surface area contributed by atoms with Crippen molar-refractivity contribution in [2.45, 2.75) is 18.9 Å². The lowest BCUT2D eigenvalue weighted by atomic mass is 9.94. The molecular weight excluding hydrogens is 580 g/mol. The number of amides is 1. The summed E-state index contributed by atoms with van der Waals surface area (Å²) in [5, 5.41) is 9.59. The van der Waals surface area contributed by atoms with Crippen LogP contribution in [0.2, 0.25) is 0 Å². The summed E-state index contributed by atoms with van der Waals surface area (Å²) >= 11 is 0. The standard InChI is InChI=1S/C35H34N8O3/c44-34(46-24-25-7-3-1-4-8-25)22-29(26-9-5-2-6-10-26)35(45)40-28-20-30(41-31(21-28)42-32-23-37-13-14-38-32)27-11-12-39-33(19-27)43-17-15-36-16-18-43/h1-14,19-21,23,29,36H,15-18,22,24H2,(H2,38,40,41,42,45)/t29-/m1/s1. The Balaban J connectivity index is 1.27. The van der Waals surface area contributed by atoms with Gasteiger partial charge in [0.1, 0.15) is 24.1 Å². The van der Waals surface area contributed by atoms with Gasteiger partial charge in [-0.3, -0.25) is 14.6 Å². The number of esters is 1. The number of hydrogen-bond donors (Lipinski definition) is 3. The molecule has 46 heavy (non-hydrogen) atoms. The Morgan fingerprint density at radius 3 is 2.41 bits per heavy atom. The van der Waals surface area contributed by atoms with Gasteiger partial charge in [0.25, 0.3) is 0 Å². The normalized spacial score (nSPS) is 13.4. The van der Waals surface area contributed by atoms with E-state index < -0.39 is 11.9 Å². The van der Waals surface area contributed by atoms with Crippen molar-refractivity contribution in [3.63, 3.8) is 0 Å². The van der Waals surface area contributed by atoms with Crippen LogP contribution in [0.5, 0.6) is 0 Å². The second-order valence-electron chi connectivity index (χ2n) is 10.8. The molecule has 4 heterocycles. The van der Waals surface area contributed by atoms with Crippen LogP contribution in [0.15, 0.2) is 110 Å². The van der Waals surface area contributed by atoms with E-state index in [9.17, 15) is 9.59 Å². The first-order chi connectivity index (χ1) is 22.6. The fourth-order valence-electron chi connectivity index (χ4n) is 5.19. The van der Waals surface area contributed by atoms with E-state index in [4.69, 9.17) is 9.72 Å². The fourth-order valence-corrected chi connectivity index (χ4v) is 5.19. The molecule has 1 fully saturated rings. The van der Waals surface area contributed by atoms with Crippen molar-refractivity contribution in [1.82, 2.24) is 25.3 Å². The van der Waals surface area contributed by atoms with E-state index >= 15 is 0 Å². The molecule has 6 rings (SSSR count). The summed E-state index contributed by atoms with van der Waals surface area (Å²) in [6, 6.07) is 26.1. The van der Waals surface area contributed by atoms with Crippen LogP contribution in [-0.2, 0) is 20.9 Å². The lowest BCUT2D eigenvalue weighted by molar-refractivity contribution is -0.146. The Labute approximate surface area is 267 Å². The average Bonchev–Trinajstić information content (AvgIpc) is 3.11. The predicted molar refractivity (Wildman–Crippen MR) is 177 cm³/mol. The highest BCUT2D eigenvalue weighted by Crippen LogP contribution is 2.29. The Bertz CT molecular complexity index is 1750. The molecule has 1 aliphatic rings. The van der Waals surface area contributed by atoms with Crippen molar-refractivity contribution in [3.8, 4) is 11.3 Å². The first-order valence-corrected chi connectivity index (χ1v) is 15.1. The molecule has 1 aliphatic heterocycles. The minimum absolute atomic E-state index is 0.121. The number of piperazine rings is 1. The molecule has 232 valence electrons. The van der Waals surface area contributed by atoms with Crippen molar-refractivity contribution >= 4 is 35.0 Å². The first-order valence-electron chi connectivity index (χ1n) is 15.1. The molecule has 1 amide bonds. The Morgan fingerprint density at radius 2 is 1.65 bits per heavy atom. The molecule has 0 bridgehead atoms. The van der Waals surface area contributed by atoms with Gasteiger partial charge in [0, 0.05) is 62.1 Å². The molecule has 1 saturated heterocycles. The largest absolute Gasteiger partial charge is 0.461 e. The molecule has 0 unspecified atom stereocenters. The maximum Gasteiger partial charge on any atom is 0.307 e. The van der Waals surface area contributed by atoms with Crippen molar-refractivity contribution in [2.75, 3.05) is 41.7 Å². The maximum absolute atomic E-state index is 13.9. The van der Waals surface area contributed by atoms with Gasteiger partial charge < -0.3 is 25.6 Å². The van der Waals surface area contributed by atoms with Gasteiger partial charge in [-0.15, -0.1) is 0 Å². The van der Waals surface area contributed by atoms with Gasteiger partial charge in [-0.1, -0.05) is 60.7 Å². The summed E-state index contributed by atoms with van der Waals surface area (Å²) in [4.78, 5) is 47.0. The van der Waals surface area contributed by atoms with Crippen LogP contribution in [-0.4, -0.2) is 58.0 Å². The number of hydrogen-bond acceptors (Lipinski definition) is 10. The lowest BCUT2D eigenvalue weighted by Gasteiger charge is -2.28. The summed E-state index contributed by atoms with van der Waals surface area (Å²) in [5.74, 6) is 0.234. The number of nitrogens with zero attached hydrogens (tertiary/aromatic N) is 5. The van der Waals surface area contributed by atoms with Gasteiger partial charge >= 0.3 is 5.97 Å². The quantitative estimate of drug-likeness (QED) is 0.176. The number of rotatable bonds is 11. The Hall–Kier alpha value is -5.68. The predicted octanol–water partition coefficient (Wildman–Crippen LogP) is 4.94. The molecule has 11 nitrogen and oxygen atoms in total. The zero-order valence-electron chi connectivity index (χ0n) is 25.2. The molecule has 11 heteroatoms. The van der Waals surface area contributed by atoms with E-state index in [2.05, 4.69) is 35.8 Å². The zero-order chi connectivity index (χ0) is 31.6. The van der Waals surface area contributed by atoms with Gasteiger partial charge in [-0.05, 0) is 29.3 Å². The molecule has 2 aromatic carbocycles. The highest BCUT2D eigenvalue weighted by molar-refractivity contribution is 5.98. The third-order valence-corrected chi connectivity index (χ3v) is 7.53. The van der Waals surface area contributed by atoms with Crippen LogP contribution in [0.25, 0.3) is 11.3 Å². The number of anilines is 4. The topological polar surface area (TPSA) is 134 Å². The summed E-state index contributed by atoms with van der Waals surface area (Å²) in [6.45, 7) is 3.62. The number of benzene rings is 2. The number of aromatic nitrogens is 4. The maximum atomic E-state index is 13.9. The van der Waals surface area contributed by atoms with Crippen LogP contribution in [0.3, 0.4) is 0 Å². The second-order valence-corrected chi connectivity index (χ2v) is 10.8. The Morgan fingerprint density at radius 1 is 0.870 bits per heavy atom. The van der Waals surface area contributed by atoms with Crippen molar-refractivity contribution in [3.05, 3.63) is 121 Å². The number of pyridine rings is 2. The number of nitrogens with one attached hydrogen (secondary N) is 3. The lowest BCUT2D eigenvalue weighted by Crippen LogP contribution is -2.43. The third kappa shape index (κ3) is 8.07. The smallest absolute Gasteiger partial charge is 0.307 e. The highest BCUT2D eigenvalue weighted by atomic mass is 16.5. The molecule has 0 spiro atoms. The van der Waals surface area contributed by atoms with E-state index in [-0.39, 0.29) is 18.9 Å². The molecule has 0 radical (unpaired) electrons. The molecule has 3 N–H and O–H groups in total. The van der Waals surface area contributed by atoms with Crippen molar-refractivity contribution < 1.29 is 14.3 Å². The van der Waals surface area contributed by atoms with Gasteiger partial charge in [-0.2, -0.15) is 0 Å². The van der Waals surface area contributed by atoms with Crippen LogP contribution >= 0.6 is 0 Å². The molecule has 0 saturated carbocycles. The molecule has 0 aliphatic carbocycles. The molecule has 5 aromatic rings. The number of carbonyl (C=O) groups excluding carboxylic acids is 2. The van der Waals surface area contributed by atoms with Crippen LogP contribution in [0, 0.1) is 0 Å². The van der Waals surface area contributed by atoms with Crippen LogP contribution in [0.1, 0.15) is 23.5 Å². The van der Waals surface area contributed by atoms with Crippen LogP contribution in [0.4, 0.5) is 23.1 Å². The zero-order valence-corrected chi connectivity index (χ0v) is 25.2. The molecule has 3 aromatic heterocycles. The van der Waals surface area contributed by atoms with Crippen molar-refractivity contribution in [1.29, 1.82) is 0 Å². The average molecular weight is 615 g/mol. The summed E-state index contributed by atoms with van der Waals surface area (Å²) in [5.41, 5.74) is 3.55. The summed E-state index contributed by atoms with van der Waals surface area (Å²) in [7, 11) is 0. The van der Waals surface area contributed by atoms with E-state index in [0.717, 1.165) is 43.1 Å². The number of ether oxygens (including phenoxy) is 1. The molecule has 1 atom stereocenters. The summed E-state index contributed by atoms with van der Waals surface area (Å²) in [6.07, 6.45) is 6.41. The summed E-state index contributed by atoms with van der Waals surface area (Å²) < 4.78 is 5.54. The van der Waals surface area contributed by atoms with E-state index in [1.165, 1.54) is 0 Å². The van der Waals surface area contributed by atoms with Gasteiger partial charge in [0.05, 0.1) is 24.2 Å². The van der Waals surface area contributed by atoms with E-state index in [1.807, 2.05) is 78.9 Å². The van der Waals surface area contributed by atoms with Gasteiger partial charge in [0.2, 0.25) is 5.91 Å². The minimum atomic E-state index is -0.780. The van der Waals surface area contributed by atoms with E-state index in [1.54, 1.807) is 30.9 Å². The van der Waals surface area contributed by atoms with E-state index in [0.29, 0.717) is 28.6 Å². The van der Waals surface area contributed by atoms with Gasteiger partial charge in [0.15, 0.2) is 0 Å². The van der Waals surface area contributed by atoms with Crippen LogP contribution < -0.4 is 20.9 Å². The Kier molecular flexibility index (Phi) is 9.81. The first kappa shape index (κ1) is 30.4. The monoisotopic (exact) mass is 614 g/mol. The SMILES string of the molecule is O=C(C[C@@H](C(=O)Nc1cc(Nc2cnccn2)nc(-c2ccnc(N3CCNCC3)c2)c1)c1ccccc1)OCc1ccccc1. The highest BCUT2D eigenvalue weighted by Gasteiger charge is 2.25.